The third-order valence-electron chi connectivity index (χ3n) is 2.04. The summed E-state index contributed by atoms with van der Waals surface area (Å²) in [5.74, 6) is -0.0444. The summed E-state index contributed by atoms with van der Waals surface area (Å²) >= 11 is 6.78. The summed E-state index contributed by atoms with van der Waals surface area (Å²) in [5.41, 5.74) is 0.429. The zero-order valence-corrected chi connectivity index (χ0v) is 11.6. The van der Waals surface area contributed by atoms with Crippen LogP contribution in [0.4, 0.5) is 0 Å². The smallest absolute Gasteiger partial charge is 0.251 e. The van der Waals surface area contributed by atoms with Gasteiger partial charge in [-0.1, -0.05) is 50.1 Å². The van der Waals surface area contributed by atoms with Gasteiger partial charge in [-0.2, -0.15) is 0 Å². The molecule has 0 unspecified atom stereocenters. The number of carbonyl (C=O) groups is 1. The molecule has 2 nitrogen and oxygen atoms in total. The minimum Gasteiger partial charge on any atom is -0.345 e. The molecule has 82 valence electrons. The molecule has 1 N–H and O–H groups in total. The number of amides is 1. The summed E-state index contributed by atoms with van der Waals surface area (Å²) in [5, 5.41) is 4.40. The van der Waals surface area contributed by atoms with Crippen LogP contribution >= 0.6 is 31.9 Å². The van der Waals surface area contributed by atoms with E-state index in [9.17, 15) is 4.79 Å². The number of alkyl halides is 2. The number of carbonyl (C=O) groups excluding carboxylic acids is 1. The summed E-state index contributed by atoms with van der Waals surface area (Å²) in [4.78, 5) is 11.8. The molecule has 0 heterocycles. The number of halogens is 2. The summed E-state index contributed by atoms with van der Waals surface area (Å²) in [7, 11) is 0. The second kappa shape index (κ2) is 5.66. The first kappa shape index (κ1) is 12.7. The van der Waals surface area contributed by atoms with Crippen LogP contribution in [0, 0.1) is 0 Å². The zero-order valence-electron chi connectivity index (χ0n) is 8.47. The van der Waals surface area contributed by atoms with Crippen molar-refractivity contribution in [2.45, 2.75) is 12.5 Å². The number of hydrogen-bond donors (Lipinski definition) is 1. The second-order valence-electron chi connectivity index (χ2n) is 3.65. The van der Waals surface area contributed by atoms with Gasteiger partial charge < -0.3 is 5.32 Å². The van der Waals surface area contributed by atoms with Crippen LogP contribution in [-0.4, -0.2) is 22.1 Å². The summed E-state index contributed by atoms with van der Waals surface area (Å²) in [6, 6.07) is 9.21. The van der Waals surface area contributed by atoms with Crippen LogP contribution in [0.15, 0.2) is 30.3 Å². The molecule has 0 aliphatic heterocycles. The highest BCUT2D eigenvalue weighted by atomic mass is 79.9. The van der Waals surface area contributed by atoms with Crippen LogP contribution in [0.3, 0.4) is 0 Å². The minimum absolute atomic E-state index is 0.0444. The molecule has 0 spiro atoms. The van der Waals surface area contributed by atoms with Crippen LogP contribution in [0.5, 0.6) is 0 Å². The standard InChI is InChI=1S/C11H13Br2NO/c1-11(7-12,8-13)14-10(15)9-5-3-2-4-6-9/h2-6H,7-8H2,1H3,(H,14,15). The fourth-order valence-electron chi connectivity index (χ4n) is 1.04. The Morgan fingerprint density at radius 1 is 1.27 bits per heavy atom. The molecule has 0 radical (unpaired) electrons. The van der Waals surface area contributed by atoms with Gasteiger partial charge in [0, 0.05) is 16.2 Å². The fraction of sp³-hybridized carbons (Fsp3) is 0.364. The fourth-order valence-corrected chi connectivity index (χ4v) is 2.25. The topological polar surface area (TPSA) is 29.1 Å². The van der Waals surface area contributed by atoms with Crippen molar-refractivity contribution in [3.8, 4) is 0 Å². The minimum atomic E-state index is -0.257. The highest BCUT2D eigenvalue weighted by Crippen LogP contribution is 2.12. The monoisotopic (exact) mass is 333 g/mol. The predicted molar refractivity (Wildman–Crippen MR) is 69.9 cm³/mol. The average molecular weight is 335 g/mol. The first-order valence-electron chi connectivity index (χ1n) is 4.61. The first-order valence-corrected chi connectivity index (χ1v) is 6.85. The van der Waals surface area contributed by atoms with E-state index < -0.39 is 0 Å². The van der Waals surface area contributed by atoms with E-state index in [1.54, 1.807) is 12.1 Å². The average Bonchev–Trinajstić information content (AvgIpc) is 2.30. The Bertz CT molecular complexity index is 323. The molecule has 1 aromatic carbocycles. The third-order valence-corrected chi connectivity index (χ3v) is 4.52. The largest absolute Gasteiger partial charge is 0.345 e. The Morgan fingerprint density at radius 3 is 2.27 bits per heavy atom. The lowest BCUT2D eigenvalue weighted by Gasteiger charge is -2.26. The number of hydrogen-bond acceptors (Lipinski definition) is 1. The summed E-state index contributed by atoms with van der Waals surface area (Å²) in [6.45, 7) is 1.98. The molecule has 0 aliphatic rings. The van der Waals surface area contributed by atoms with E-state index in [0.29, 0.717) is 16.2 Å². The Kier molecular flexibility index (Phi) is 4.80. The van der Waals surface area contributed by atoms with Crippen molar-refractivity contribution >= 4 is 37.8 Å². The lowest BCUT2D eigenvalue weighted by molar-refractivity contribution is 0.0923. The lowest BCUT2D eigenvalue weighted by Crippen LogP contribution is -2.48. The molecule has 0 fully saturated rings. The Morgan fingerprint density at radius 2 is 1.80 bits per heavy atom. The maximum absolute atomic E-state index is 11.8. The molecule has 0 saturated carbocycles. The first-order chi connectivity index (χ1) is 7.11. The van der Waals surface area contributed by atoms with Gasteiger partial charge >= 0.3 is 0 Å². The van der Waals surface area contributed by atoms with E-state index in [1.807, 2.05) is 25.1 Å². The third kappa shape index (κ3) is 3.61. The van der Waals surface area contributed by atoms with Crippen LogP contribution in [-0.2, 0) is 0 Å². The van der Waals surface area contributed by atoms with Gasteiger partial charge in [0.25, 0.3) is 5.91 Å². The van der Waals surface area contributed by atoms with Crippen molar-refractivity contribution < 1.29 is 4.79 Å². The maximum atomic E-state index is 11.8. The molecule has 15 heavy (non-hydrogen) atoms. The van der Waals surface area contributed by atoms with Gasteiger partial charge in [0.15, 0.2) is 0 Å². The highest BCUT2D eigenvalue weighted by Gasteiger charge is 2.23. The maximum Gasteiger partial charge on any atom is 0.251 e. The molecule has 1 aromatic rings. The van der Waals surface area contributed by atoms with Crippen molar-refractivity contribution in [2.24, 2.45) is 0 Å². The molecule has 0 bridgehead atoms. The van der Waals surface area contributed by atoms with E-state index in [-0.39, 0.29) is 11.4 Å². The van der Waals surface area contributed by atoms with Gasteiger partial charge in [0.05, 0.1) is 5.54 Å². The van der Waals surface area contributed by atoms with Gasteiger partial charge in [-0.15, -0.1) is 0 Å². The van der Waals surface area contributed by atoms with Crippen molar-refractivity contribution in [3.05, 3.63) is 35.9 Å². The lowest BCUT2D eigenvalue weighted by atomic mass is 10.1. The molecule has 4 heteroatoms. The Hall–Kier alpha value is -0.350. The number of nitrogens with one attached hydrogen (secondary N) is 1. The van der Waals surface area contributed by atoms with E-state index in [1.165, 1.54) is 0 Å². The van der Waals surface area contributed by atoms with E-state index in [4.69, 9.17) is 0 Å². The molecule has 1 rings (SSSR count). The molecular weight excluding hydrogens is 322 g/mol. The van der Waals surface area contributed by atoms with Crippen LogP contribution < -0.4 is 5.32 Å². The van der Waals surface area contributed by atoms with Crippen LogP contribution in [0.1, 0.15) is 17.3 Å². The van der Waals surface area contributed by atoms with E-state index in [2.05, 4.69) is 37.2 Å². The SMILES string of the molecule is CC(CBr)(CBr)NC(=O)c1ccccc1. The quantitative estimate of drug-likeness (QED) is 0.843. The Balaban J connectivity index is 2.72. The number of rotatable bonds is 4. The van der Waals surface area contributed by atoms with Crippen LogP contribution in [0.25, 0.3) is 0 Å². The molecule has 0 aliphatic carbocycles. The van der Waals surface area contributed by atoms with Crippen molar-refractivity contribution in [2.75, 3.05) is 10.7 Å². The van der Waals surface area contributed by atoms with Gasteiger partial charge in [-0.3, -0.25) is 4.79 Å². The van der Waals surface area contributed by atoms with Crippen molar-refractivity contribution in [3.63, 3.8) is 0 Å². The Labute approximate surface area is 107 Å². The molecule has 0 saturated heterocycles. The van der Waals surface area contributed by atoms with Gasteiger partial charge in [0.2, 0.25) is 0 Å². The molecule has 1 amide bonds. The van der Waals surface area contributed by atoms with E-state index in [0.717, 1.165) is 0 Å². The van der Waals surface area contributed by atoms with Crippen molar-refractivity contribution in [1.82, 2.24) is 5.32 Å². The van der Waals surface area contributed by atoms with Crippen LogP contribution in [0.2, 0.25) is 0 Å². The normalized spacial score (nSPS) is 11.1. The zero-order chi connectivity index (χ0) is 11.3. The van der Waals surface area contributed by atoms with Gasteiger partial charge in [-0.25, -0.2) is 0 Å². The predicted octanol–water partition coefficient (Wildman–Crippen LogP) is 2.96. The summed E-state index contributed by atoms with van der Waals surface area (Å²) in [6.07, 6.45) is 0. The molecule has 0 atom stereocenters. The van der Waals surface area contributed by atoms with Gasteiger partial charge in [0.1, 0.15) is 0 Å². The highest BCUT2D eigenvalue weighted by molar-refractivity contribution is 9.09. The number of benzene rings is 1. The summed E-state index contributed by atoms with van der Waals surface area (Å²) < 4.78 is 0. The van der Waals surface area contributed by atoms with Crippen molar-refractivity contribution in [1.29, 1.82) is 0 Å². The van der Waals surface area contributed by atoms with Gasteiger partial charge in [-0.05, 0) is 19.1 Å². The molecule has 0 aromatic heterocycles. The molecular formula is C11H13Br2NO. The van der Waals surface area contributed by atoms with E-state index >= 15 is 0 Å². The second-order valence-corrected chi connectivity index (χ2v) is 4.77.